The lowest BCUT2D eigenvalue weighted by Gasteiger charge is -2.33. The second kappa shape index (κ2) is 6.05. The predicted octanol–water partition coefficient (Wildman–Crippen LogP) is 4.79. The standard InChI is InChI=1S/C13H28S/c1-7-12(9-8-10(2)3)11(4)13(5,6)14/h10-12,14H,7-9H2,1-6H3. The van der Waals surface area contributed by atoms with Gasteiger partial charge in [-0.15, -0.1) is 0 Å². The average Bonchev–Trinajstić information content (AvgIpc) is 2.03. The van der Waals surface area contributed by atoms with Crippen LogP contribution < -0.4 is 0 Å². The first kappa shape index (κ1) is 14.3. The molecule has 0 spiro atoms. The van der Waals surface area contributed by atoms with Gasteiger partial charge in [0.1, 0.15) is 0 Å². The van der Waals surface area contributed by atoms with Crippen LogP contribution in [-0.2, 0) is 0 Å². The summed E-state index contributed by atoms with van der Waals surface area (Å²) in [4.78, 5) is 0. The van der Waals surface area contributed by atoms with Crippen molar-refractivity contribution in [1.29, 1.82) is 0 Å². The van der Waals surface area contributed by atoms with Gasteiger partial charge in [0.25, 0.3) is 0 Å². The molecule has 0 aromatic rings. The zero-order valence-corrected chi connectivity index (χ0v) is 11.7. The molecular formula is C13H28S. The van der Waals surface area contributed by atoms with Crippen molar-refractivity contribution in [2.75, 3.05) is 0 Å². The van der Waals surface area contributed by atoms with Crippen LogP contribution in [-0.4, -0.2) is 4.75 Å². The fourth-order valence-corrected chi connectivity index (χ4v) is 2.14. The van der Waals surface area contributed by atoms with Gasteiger partial charge in [-0.05, 0) is 24.2 Å². The molecule has 0 nitrogen and oxygen atoms in total. The third kappa shape index (κ3) is 5.29. The maximum atomic E-state index is 4.69. The Morgan fingerprint density at radius 1 is 1.07 bits per heavy atom. The zero-order chi connectivity index (χ0) is 11.4. The van der Waals surface area contributed by atoms with Gasteiger partial charge >= 0.3 is 0 Å². The summed E-state index contributed by atoms with van der Waals surface area (Å²) in [6, 6.07) is 0. The van der Waals surface area contributed by atoms with Crippen LogP contribution in [0.2, 0.25) is 0 Å². The Bertz CT molecular complexity index is 144. The van der Waals surface area contributed by atoms with Gasteiger partial charge in [0.05, 0.1) is 0 Å². The van der Waals surface area contributed by atoms with Gasteiger partial charge in [0, 0.05) is 4.75 Å². The maximum absolute atomic E-state index is 4.69. The molecule has 14 heavy (non-hydrogen) atoms. The first-order valence-electron chi connectivity index (χ1n) is 6.01. The fourth-order valence-electron chi connectivity index (χ4n) is 1.93. The Kier molecular flexibility index (Phi) is 6.20. The van der Waals surface area contributed by atoms with E-state index in [2.05, 4.69) is 54.2 Å². The Hall–Kier alpha value is 0.350. The molecule has 0 aliphatic heterocycles. The minimum atomic E-state index is 0.164. The van der Waals surface area contributed by atoms with Crippen LogP contribution in [0.25, 0.3) is 0 Å². The molecule has 0 radical (unpaired) electrons. The Labute approximate surface area is 96.3 Å². The van der Waals surface area contributed by atoms with Crippen LogP contribution in [0, 0.1) is 17.8 Å². The summed E-state index contributed by atoms with van der Waals surface area (Å²) in [6.07, 6.45) is 4.00. The summed E-state index contributed by atoms with van der Waals surface area (Å²) in [5.74, 6) is 2.37. The van der Waals surface area contributed by atoms with E-state index >= 15 is 0 Å². The van der Waals surface area contributed by atoms with Crippen molar-refractivity contribution >= 4 is 12.6 Å². The van der Waals surface area contributed by atoms with Crippen LogP contribution in [0.5, 0.6) is 0 Å². The average molecular weight is 216 g/mol. The highest BCUT2D eigenvalue weighted by molar-refractivity contribution is 7.81. The molecule has 0 aliphatic rings. The molecule has 86 valence electrons. The van der Waals surface area contributed by atoms with Crippen LogP contribution in [0.1, 0.15) is 60.8 Å². The van der Waals surface area contributed by atoms with E-state index in [1.54, 1.807) is 0 Å². The van der Waals surface area contributed by atoms with Gasteiger partial charge in [-0.3, -0.25) is 0 Å². The van der Waals surface area contributed by atoms with Crippen molar-refractivity contribution in [2.45, 2.75) is 65.6 Å². The lowest BCUT2D eigenvalue weighted by molar-refractivity contribution is 0.263. The lowest BCUT2D eigenvalue weighted by atomic mass is 9.79. The monoisotopic (exact) mass is 216 g/mol. The summed E-state index contributed by atoms with van der Waals surface area (Å²) in [6.45, 7) is 13.7. The second-order valence-corrected chi connectivity index (χ2v) is 6.73. The number of rotatable bonds is 6. The van der Waals surface area contributed by atoms with Crippen molar-refractivity contribution in [2.24, 2.45) is 17.8 Å². The van der Waals surface area contributed by atoms with Gasteiger partial charge in [-0.2, -0.15) is 12.6 Å². The van der Waals surface area contributed by atoms with Gasteiger partial charge in [0.15, 0.2) is 0 Å². The third-order valence-electron chi connectivity index (χ3n) is 3.46. The quantitative estimate of drug-likeness (QED) is 0.606. The highest BCUT2D eigenvalue weighted by atomic mass is 32.1. The van der Waals surface area contributed by atoms with Gasteiger partial charge < -0.3 is 0 Å². The molecule has 0 amide bonds. The molecule has 0 aromatic heterocycles. The van der Waals surface area contributed by atoms with Gasteiger partial charge in [-0.1, -0.05) is 54.4 Å². The molecule has 0 aliphatic carbocycles. The van der Waals surface area contributed by atoms with Crippen molar-refractivity contribution < 1.29 is 0 Å². The van der Waals surface area contributed by atoms with E-state index in [0.29, 0.717) is 5.92 Å². The van der Waals surface area contributed by atoms with E-state index in [1.165, 1.54) is 19.3 Å². The fraction of sp³-hybridized carbons (Fsp3) is 1.00. The molecule has 0 heterocycles. The molecule has 0 N–H and O–H groups in total. The van der Waals surface area contributed by atoms with Crippen molar-refractivity contribution in [3.8, 4) is 0 Å². The summed E-state index contributed by atoms with van der Waals surface area (Å²) in [7, 11) is 0. The molecular weight excluding hydrogens is 188 g/mol. The lowest BCUT2D eigenvalue weighted by Crippen LogP contribution is -2.29. The molecule has 0 saturated heterocycles. The first-order chi connectivity index (χ1) is 6.29. The highest BCUT2D eigenvalue weighted by Gasteiger charge is 2.27. The molecule has 0 fully saturated rings. The zero-order valence-electron chi connectivity index (χ0n) is 10.8. The number of thiol groups is 1. The molecule has 2 unspecified atom stereocenters. The van der Waals surface area contributed by atoms with E-state index in [4.69, 9.17) is 0 Å². The van der Waals surface area contributed by atoms with Crippen LogP contribution >= 0.6 is 12.6 Å². The third-order valence-corrected chi connectivity index (χ3v) is 3.87. The van der Waals surface area contributed by atoms with Crippen molar-refractivity contribution in [3.63, 3.8) is 0 Å². The van der Waals surface area contributed by atoms with Gasteiger partial charge in [0.2, 0.25) is 0 Å². The van der Waals surface area contributed by atoms with Crippen LogP contribution in [0.15, 0.2) is 0 Å². The number of hydrogen-bond acceptors (Lipinski definition) is 1. The Morgan fingerprint density at radius 3 is 1.86 bits per heavy atom. The largest absolute Gasteiger partial charge is 0.173 e. The SMILES string of the molecule is CCC(CCC(C)C)C(C)C(C)(C)S. The predicted molar refractivity (Wildman–Crippen MR) is 70.1 cm³/mol. The summed E-state index contributed by atoms with van der Waals surface area (Å²) in [5, 5.41) is 0. The Balaban J connectivity index is 4.13. The second-order valence-electron chi connectivity index (χ2n) is 5.58. The first-order valence-corrected chi connectivity index (χ1v) is 6.46. The highest BCUT2D eigenvalue weighted by Crippen LogP contribution is 2.34. The molecule has 1 heteroatoms. The van der Waals surface area contributed by atoms with Crippen molar-refractivity contribution in [3.05, 3.63) is 0 Å². The maximum Gasteiger partial charge on any atom is 0.0101 e. The topological polar surface area (TPSA) is 0 Å². The van der Waals surface area contributed by atoms with E-state index in [-0.39, 0.29) is 4.75 Å². The number of hydrogen-bond donors (Lipinski definition) is 1. The molecule has 0 saturated carbocycles. The molecule has 0 bridgehead atoms. The van der Waals surface area contributed by atoms with Crippen LogP contribution in [0.4, 0.5) is 0 Å². The van der Waals surface area contributed by atoms with Crippen LogP contribution in [0.3, 0.4) is 0 Å². The summed E-state index contributed by atoms with van der Waals surface area (Å²) < 4.78 is 0.164. The summed E-state index contributed by atoms with van der Waals surface area (Å²) >= 11 is 4.69. The van der Waals surface area contributed by atoms with Gasteiger partial charge in [-0.25, -0.2) is 0 Å². The molecule has 0 rings (SSSR count). The molecule has 2 atom stereocenters. The minimum Gasteiger partial charge on any atom is -0.173 e. The normalized spacial score (nSPS) is 17.1. The van der Waals surface area contributed by atoms with E-state index < -0.39 is 0 Å². The smallest absolute Gasteiger partial charge is 0.0101 e. The molecule has 0 aromatic carbocycles. The van der Waals surface area contributed by atoms with E-state index in [0.717, 1.165) is 11.8 Å². The van der Waals surface area contributed by atoms with E-state index in [9.17, 15) is 0 Å². The van der Waals surface area contributed by atoms with E-state index in [1.807, 2.05) is 0 Å². The summed E-state index contributed by atoms with van der Waals surface area (Å²) in [5.41, 5.74) is 0. The minimum absolute atomic E-state index is 0.164. The Morgan fingerprint density at radius 2 is 1.57 bits per heavy atom. The van der Waals surface area contributed by atoms with Crippen molar-refractivity contribution in [1.82, 2.24) is 0 Å².